The summed E-state index contributed by atoms with van der Waals surface area (Å²) in [4.78, 5) is 15.4. The predicted octanol–water partition coefficient (Wildman–Crippen LogP) is 10.9. The second kappa shape index (κ2) is 11.7. The van der Waals surface area contributed by atoms with E-state index in [2.05, 4.69) is 24.3 Å². The minimum Gasteiger partial charge on any atom is -0.456 e. The van der Waals surface area contributed by atoms with Crippen molar-refractivity contribution in [3.05, 3.63) is 164 Å². The molecule has 10 rings (SSSR count). The van der Waals surface area contributed by atoms with Crippen LogP contribution in [0.15, 0.2) is 178 Å². The van der Waals surface area contributed by atoms with Crippen LogP contribution in [0.3, 0.4) is 0 Å². The van der Waals surface area contributed by atoms with Crippen LogP contribution in [0, 0.1) is 0 Å². The SMILES string of the molecule is O=S1(=O)c2cc(-c3ccccc3)ccc2-c2ccc(-c3nc(-c4ccc(-c5ccccc5)cc4)nc(-c4ccc5c(c4)oc4ccccc45)n3)cc21. The largest absolute Gasteiger partial charge is 0.456 e. The molecule has 7 aromatic carbocycles. The molecule has 6 nitrogen and oxygen atoms in total. The number of fused-ring (bicyclic) bond motifs is 6. The van der Waals surface area contributed by atoms with Gasteiger partial charge in [-0.15, -0.1) is 0 Å². The first-order valence-corrected chi connectivity index (χ1v) is 18.4. The van der Waals surface area contributed by atoms with Gasteiger partial charge in [-0.3, -0.25) is 0 Å². The Kier molecular flexibility index (Phi) is 6.78. The lowest BCUT2D eigenvalue weighted by atomic mass is 9.99. The number of furan rings is 1. The smallest absolute Gasteiger partial charge is 0.207 e. The molecule has 0 radical (unpaired) electrons. The van der Waals surface area contributed by atoms with Gasteiger partial charge in [-0.1, -0.05) is 133 Å². The lowest BCUT2D eigenvalue weighted by molar-refractivity contribution is 0.598. The Morgan fingerprint density at radius 1 is 0.365 bits per heavy atom. The summed E-state index contributed by atoms with van der Waals surface area (Å²) in [6.45, 7) is 0. The van der Waals surface area contributed by atoms with Gasteiger partial charge in [0, 0.05) is 38.6 Å². The van der Waals surface area contributed by atoms with Gasteiger partial charge in [0.15, 0.2) is 17.5 Å². The molecule has 7 heteroatoms. The van der Waals surface area contributed by atoms with E-state index in [1.807, 2.05) is 127 Å². The third kappa shape index (κ3) is 4.93. The van der Waals surface area contributed by atoms with E-state index in [9.17, 15) is 8.42 Å². The van der Waals surface area contributed by atoms with Gasteiger partial charge in [-0.05, 0) is 52.6 Å². The summed E-state index contributed by atoms with van der Waals surface area (Å²) < 4.78 is 34.4. The Morgan fingerprint density at radius 2 is 0.808 bits per heavy atom. The highest BCUT2D eigenvalue weighted by Crippen LogP contribution is 2.46. The monoisotopic (exact) mass is 689 g/mol. The predicted molar refractivity (Wildman–Crippen MR) is 205 cm³/mol. The molecule has 246 valence electrons. The maximum atomic E-state index is 14.1. The average Bonchev–Trinajstić information content (AvgIpc) is 3.69. The van der Waals surface area contributed by atoms with Crippen LogP contribution in [0.25, 0.3) is 89.5 Å². The van der Waals surface area contributed by atoms with E-state index in [0.717, 1.165) is 55.3 Å². The number of para-hydroxylation sites is 1. The topological polar surface area (TPSA) is 86.0 Å². The fourth-order valence-corrected chi connectivity index (χ4v) is 8.81. The standard InChI is InChI=1S/C45H27N3O3S/c49-52(50)41-26-32(29-11-5-2-6-12-29)19-23-37(41)38-24-21-34(27-42(38)52)45-47-43(31-17-15-30(16-18-31)28-9-3-1-4-10-28)46-44(48-45)33-20-22-36-35-13-7-8-14-39(35)51-40(36)25-33/h1-27H. The Morgan fingerprint density at radius 3 is 1.48 bits per heavy atom. The summed E-state index contributed by atoms with van der Waals surface area (Å²) in [5.41, 5.74) is 9.03. The van der Waals surface area contributed by atoms with Crippen molar-refractivity contribution < 1.29 is 12.8 Å². The van der Waals surface area contributed by atoms with Gasteiger partial charge in [0.1, 0.15) is 11.2 Å². The highest BCUT2D eigenvalue weighted by Gasteiger charge is 2.34. The summed E-state index contributed by atoms with van der Waals surface area (Å²) in [5.74, 6) is 1.30. The summed E-state index contributed by atoms with van der Waals surface area (Å²) in [5, 5.41) is 2.04. The first kappa shape index (κ1) is 30.2. The molecule has 1 aliphatic rings. The average molecular weight is 690 g/mol. The van der Waals surface area contributed by atoms with E-state index in [0.29, 0.717) is 39.1 Å². The van der Waals surface area contributed by atoms with Crippen LogP contribution in [0.2, 0.25) is 0 Å². The van der Waals surface area contributed by atoms with Gasteiger partial charge in [-0.2, -0.15) is 0 Å². The van der Waals surface area contributed by atoms with Crippen LogP contribution in [0.5, 0.6) is 0 Å². The molecule has 0 unspecified atom stereocenters. The Hall–Kier alpha value is -6.70. The number of hydrogen-bond acceptors (Lipinski definition) is 6. The number of sulfone groups is 1. The van der Waals surface area contributed by atoms with E-state index in [1.54, 1.807) is 12.1 Å². The first-order chi connectivity index (χ1) is 25.5. The molecule has 0 saturated carbocycles. The minimum absolute atomic E-state index is 0.240. The lowest BCUT2D eigenvalue weighted by Crippen LogP contribution is -2.01. The molecule has 1 aliphatic heterocycles. The lowest BCUT2D eigenvalue weighted by Gasteiger charge is -2.10. The zero-order valence-corrected chi connectivity index (χ0v) is 28.4. The fraction of sp³-hybridized carbons (Fsp3) is 0. The first-order valence-electron chi connectivity index (χ1n) is 16.9. The molecule has 3 heterocycles. The van der Waals surface area contributed by atoms with Crippen LogP contribution < -0.4 is 0 Å². The van der Waals surface area contributed by atoms with E-state index in [4.69, 9.17) is 19.4 Å². The molecule has 0 bridgehead atoms. The van der Waals surface area contributed by atoms with E-state index in [1.165, 1.54) is 0 Å². The molecule has 0 amide bonds. The van der Waals surface area contributed by atoms with Gasteiger partial charge in [0.05, 0.1) is 9.79 Å². The maximum absolute atomic E-state index is 14.1. The van der Waals surface area contributed by atoms with Gasteiger partial charge in [0.25, 0.3) is 0 Å². The minimum atomic E-state index is -3.80. The molecule has 0 spiro atoms. The molecule has 0 saturated heterocycles. The number of rotatable bonds is 5. The maximum Gasteiger partial charge on any atom is 0.207 e. The highest BCUT2D eigenvalue weighted by molar-refractivity contribution is 7.92. The Labute approximate surface area is 299 Å². The zero-order valence-electron chi connectivity index (χ0n) is 27.6. The fourth-order valence-electron chi connectivity index (χ4n) is 7.07. The van der Waals surface area contributed by atoms with Crippen molar-refractivity contribution in [3.8, 4) is 67.5 Å². The summed E-state index contributed by atoms with van der Waals surface area (Å²) in [7, 11) is -3.80. The molecule has 0 aliphatic carbocycles. The molecule has 2 aromatic heterocycles. The summed E-state index contributed by atoms with van der Waals surface area (Å²) in [6.07, 6.45) is 0. The zero-order chi connectivity index (χ0) is 34.8. The Bertz CT molecular complexity index is 2960. The van der Waals surface area contributed by atoms with Gasteiger partial charge >= 0.3 is 0 Å². The van der Waals surface area contributed by atoms with Gasteiger partial charge in [0.2, 0.25) is 9.84 Å². The molecule has 9 aromatic rings. The van der Waals surface area contributed by atoms with E-state index < -0.39 is 9.84 Å². The molecular formula is C45H27N3O3S. The quantitative estimate of drug-likeness (QED) is 0.179. The van der Waals surface area contributed by atoms with Gasteiger partial charge < -0.3 is 4.42 Å². The highest BCUT2D eigenvalue weighted by atomic mass is 32.2. The van der Waals surface area contributed by atoms with Crippen LogP contribution in [0.1, 0.15) is 0 Å². The van der Waals surface area contributed by atoms with Crippen LogP contribution >= 0.6 is 0 Å². The molecule has 0 N–H and O–H groups in total. The molecule has 52 heavy (non-hydrogen) atoms. The molecule has 0 fully saturated rings. The van der Waals surface area contributed by atoms with Crippen molar-refractivity contribution in [1.29, 1.82) is 0 Å². The molecule has 0 atom stereocenters. The third-order valence-electron chi connectivity index (χ3n) is 9.72. The number of aromatic nitrogens is 3. The normalized spacial score (nSPS) is 12.9. The molecular weight excluding hydrogens is 663 g/mol. The van der Waals surface area contributed by atoms with Crippen molar-refractivity contribution in [2.75, 3.05) is 0 Å². The third-order valence-corrected chi connectivity index (χ3v) is 11.6. The van der Waals surface area contributed by atoms with Gasteiger partial charge in [-0.25, -0.2) is 23.4 Å². The summed E-state index contributed by atoms with van der Waals surface area (Å²) >= 11 is 0. The van der Waals surface area contributed by atoms with Crippen LogP contribution in [-0.4, -0.2) is 23.4 Å². The number of benzene rings is 7. The van der Waals surface area contributed by atoms with Crippen molar-refractivity contribution in [3.63, 3.8) is 0 Å². The number of nitrogens with zero attached hydrogens (tertiary/aromatic N) is 3. The van der Waals surface area contributed by atoms with Crippen molar-refractivity contribution in [2.45, 2.75) is 9.79 Å². The van der Waals surface area contributed by atoms with Crippen LogP contribution in [-0.2, 0) is 9.84 Å². The second-order valence-electron chi connectivity index (χ2n) is 12.9. The van der Waals surface area contributed by atoms with Crippen LogP contribution in [0.4, 0.5) is 0 Å². The Balaban J connectivity index is 1.10. The van der Waals surface area contributed by atoms with Crippen molar-refractivity contribution in [1.82, 2.24) is 15.0 Å². The van der Waals surface area contributed by atoms with Crippen molar-refractivity contribution in [2.24, 2.45) is 0 Å². The van der Waals surface area contributed by atoms with E-state index in [-0.39, 0.29) is 4.90 Å². The number of hydrogen-bond donors (Lipinski definition) is 0. The summed E-state index contributed by atoms with van der Waals surface area (Å²) in [6, 6.07) is 53.1. The second-order valence-corrected chi connectivity index (χ2v) is 14.7. The van der Waals surface area contributed by atoms with E-state index >= 15 is 0 Å². The van der Waals surface area contributed by atoms with Crippen molar-refractivity contribution >= 4 is 31.8 Å².